The molecule has 2 heteroatoms. The largest absolute Gasteiger partial charge is 0.329 e. The number of nitrogens with two attached hydrogens (primary N) is 1. The third-order valence-electron chi connectivity index (χ3n) is 5.70. The number of hydrogen-bond acceptors (Lipinski definition) is 2. The molecule has 2 fully saturated rings. The van der Waals surface area contributed by atoms with E-state index in [0.29, 0.717) is 6.04 Å². The van der Waals surface area contributed by atoms with E-state index in [-0.39, 0.29) is 0 Å². The van der Waals surface area contributed by atoms with Crippen LogP contribution in [0.2, 0.25) is 0 Å². The van der Waals surface area contributed by atoms with Crippen molar-refractivity contribution in [3.05, 3.63) is 35.4 Å². The lowest BCUT2D eigenvalue weighted by Crippen LogP contribution is -2.50. The minimum absolute atomic E-state index is 0.423. The van der Waals surface area contributed by atoms with Gasteiger partial charge in [-0.2, -0.15) is 0 Å². The highest BCUT2D eigenvalue weighted by molar-refractivity contribution is 5.30. The molecule has 1 saturated carbocycles. The van der Waals surface area contributed by atoms with Crippen LogP contribution in [0.1, 0.15) is 62.6 Å². The molecule has 1 saturated heterocycles. The predicted octanol–water partition coefficient (Wildman–Crippen LogP) is 3.90. The van der Waals surface area contributed by atoms with Crippen LogP contribution in [0.4, 0.5) is 0 Å². The Morgan fingerprint density at radius 3 is 2.71 bits per heavy atom. The van der Waals surface area contributed by atoms with Crippen LogP contribution >= 0.6 is 0 Å². The summed E-state index contributed by atoms with van der Waals surface area (Å²) in [5.74, 6) is 0.926. The fourth-order valence-corrected chi connectivity index (χ4v) is 4.67. The Balaban J connectivity index is 1.87. The first-order valence-corrected chi connectivity index (χ1v) is 8.88. The van der Waals surface area contributed by atoms with E-state index in [0.717, 1.165) is 24.9 Å². The lowest BCUT2D eigenvalue weighted by atomic mass is 9.77. The second-order valence-corrected chi connectivity index (χ2v) is 6.80. The molecular formula is C19H30N2. The minimum Gasteiger partial charge on any atom is -0.329 e. The van der Waals surface area contributed by atoms with E-state index in [1.54, 1.807) is 0 Å². The van der Waals surface area contributed by atoms with Crippen molar-refractivity contribution in [1.29, 1.82) is 0 Å². The summed E-state index contributed by atoms with van der Waals surface area (Å²) in [6, 6.07) is 10.1. The fourth-order valence-electron chi connectivity index (χ4n) is 4.67. The van der Waals surface area contributed by atoms with Gasteiger partial charge in [-0.1, -0.05) is 44.0 Å². The topological polar surface area (TPSA) is 29.3 Å². The number of benzene rings is 1. The van der Waals surface area contributed by atoms with Gasteiger partial charge in [0.25, 0.3) is 0 Å². The Hall–Kier alpha value is -0.860. The van der Waals surface area contributed by atoms with Crippen LogP contribution < -0.4 is 5.73 Å². The van der Waals surface area contributed by atoms with Gasteiger partial charge in [-0.15, -0.1) is 0 Å². The monoisotopic (exact) mass is 286 g/mol. The maximum absolute atomic E-state index is 6.24. The van der Waals surface area contributed by atoms with Crippen LogP contribution in [0.25, 0.3) is 0 Å². The Morgan fingerprint density at radius 1 is 1.14 bits per heavy atom. The Labute approximate surface area is 129 Å². The molecule has 1 aromatic rings. The van der Waals surface area contributed by atoms with Gasteiger partial charge in [0.2, 0.25) is 0 Å². The first kappa shape index (κ1) is 15.1. The number of nitrogens with zero attached hydrogens (tertiary/aromatic N) is 1. The van der Waals surface area contributed by atoms with E-state index in [1.165, 1.54) is 56.2 Å². The van der Waals surface area contributed by atoms with Crippen LogP contribution in [-0.4, -0.2) is 24.0 Å². The van der Waals surface area contributed by atoms with E-state index in [9.17, 15) is 0 Å². The van der Waals surface area contributed by atoms with Crippen molar-refractivity contribution in [3.8, 4) is 0 Å². The summed E-state index contributed by atoms with van der Waals surface area (Å²) >= 11 is 0. The van der Waals surface area contributed by atoms with E-state index in [2.05, 4.69) is 36.1 Å². The molecule has 1 aliphatic carbocycles. The zero-order chi connectivity index (χ0) is 14.7. The normalized spacial score (nSPS) is 28.1. The van der Waals surface area contributed by atoms with Gasteiger partial charge < -0.3 is 5.73 Å². The van der Waals surface area contributed by atoms with Crippen molar-refractivity contribution in [2.45, 2.75) is 64.0 Å². The highest BCUT2D eigenvalue weighted by Crippen LogP contribution is 2.39. The van der Waals surface area contributed by atoms with E-state index >= 15 is 0 Å². The number of piperidine rings is 1. The molecular weight excluding hydrogens is 256 g/mol. The summed E-state index contributed by atoms with van der Waals surface area (Å²) in [7, 11) is 0. The summed E-state index contributed by atoms with van der Waals surface area (Å²) in [5, 5.41) is 0. The highest BCUT2D eigenvalue weighted by Gasteiger charge is 2.36. The smallest absolute Gasteiger partial charge is 0.0476 e. The molecule has 1 aliphatic heterocycles. The molecule has 0 spiro atoms. The van der Waals surface area contributed by atoms with Crippen molar-refractivity contribution >= 4 is 0 Å². The summed E-state index contributed by atoms with van der Waals surface area (Å²) in [6.07, 6.45) is 9.57. The molecule has 2 aliphatic rings. The SMILES string of the molecule is CCc1ccccc1C(CN)N1CCCC2CCCCC21. The molecule has 1 heterocycles. The number of likely N-dealkylation sites (tertiary alicyclic amines) is 1. The maximum atomic E-state index is 6.24. The van der Waals surface area contributed by atoms with E-state index < -0.39 is 0 Å². The lowest BCUT2D eigenvalue weighted by molar-refractivity contribution is 0.0273. The average Bonchev–Trinajstić information content (AvgIpc) is 2.56. The van der Waals surface area contributed by atoms with Gasteiger partial charge in [0.1, 0.15) is 0 Å². The van der Waals surface area contributed by atoms with Crippen LogP contribution in [0.3, 0.4) is 0 Å². The Bertz CT molecular complexity index is 455. The van der Waals surface area contributed by atoms with Crippen LogP contribution in [0.5, 0.6) is 0 Å². The van der Waals surface area contributed by atoms with Gasteiger partial charge >= 0.3 is 0 Å². The molecule has 3 atom stereocenters. The molecule has 3 unspecified atom stereocenters. The third kappa shape index (κ3) is 3.02. The van der Waals surface area contributed by atoms with Crippen LogP contribution in [-0.2, 0) is 6.42 Å². The van der Waals surface area contributed by atoms with Gasteiger partial charge in [0.05, 0.1) is 0 Å². The number of hydrogen-bond donors (Lipinski definition) is 1. The van der Waals surface area contributed by atoms with Crippen molar-refractivity contribution in [2.24, 2.45) is 11.7 Å². The first-order chi connectivity index (χ1) is 10.3. The Morgan fingerprint density at radius 2 is 1.90 bits per heavy atom. The molecule has 0 bridgehead atoms. The highest BCUT2D eigenvalue weighted by atomic mass is 15.2. The van der Waals surface area contributed by atoms with Crippen molar-refractivity contribution in [3.63, 3.8) is 0 Å². The average molecular weight is 286 g/mol. The minimum atomic E-state index is 0.423. The summed E-state index contributed by atoms with van der Waals surface area (Å²) in [6.45, 7) is 4.24. The number of aryl methyl sites for hydroxylation is 1. The van der Waals surface area contributed by atoms with E-state index in [1.807, 2.05) is 0 Å². The standard InChI is InChI=1S/C19H30N2/c1-2-15-8-3-5-11-17(15)19(14-20)21-13-7-10-16-9-4-6-12-18(16)21/h3,5,8,11,16,18-19H,2,4,6-7,9-10,12-14,20H2,1H3. The summed E-state index contributed by atoms with van der Waals surface area (Å²) in [4.78, 5) is 2.77. The summed E-state index contributed by atoms with van der Waals surface area (Å²) in [5.41, 5.74) is 9.20. The molecule has 1 aromatic carbocycles. The molecule has 2 N–H and O–H groups in total. The molecule has 0 amide bonds. The van der Waals surface area contributed by atoms with Crippen molar-refractivity contribution < 1.29 is 0 Å². The van der Waals surface area contributed by atoms with Gasteiger partial charge in [-0.3, -0.25) is 4.90 Å². The third-order valence-corrected chi connectivity index (χ3v) is 5.70. The second-order valence-electron chi connectivity index (χ2n) is 6.80. The van der Waals surface area contributed by atoms with Crippen LogP contribution in [0.15, 0.2) is 24.3 Å². The number of rotatable bonds is 4. The Kier molecular flexibility index (Phi) is 4.97. The van der Waals surface area contributed by atoms with Gasteiger partial charge in [-0.25, -0.2) is 0 Å². The molecule has 0 aromatic heterocycles. The molecule has 116 valence electrons. The lowest BCUT2D eigenvalue weighted by Gasteiger charge is -2.48. The molecule has 0 radical (unpaired) electrons. The molecule has 21 heavy (non-hydrogen) atoms. The quantitative estimate of drug-likeness (QED) is 0.909. The second kappa shape index (κ2) is 6.93. The van der Waals surface area contributed by atoms with Crippen LogP contribution in [0, 0.1) is 5.92 Å². The molecule has 3 rings (SSSR count). The summed E-state index contributed by atoms with van der Waals surface area (Å²) < 4.78 is 0. The predicted molar refractivity (Wildman–Crippen MR) is 89.3 cm³/mol. The fraction of sp³-hybridized carbons (Fsp3) is 0.684. The zero-order valence-corrected chi connectivity index (χ0v) is 13.4. The van der Waals surface area contributed by atoms with Gasteiger partial charge in [0.15, 0.2) is 0 Å². The number of fused-ring (bicyclic) bond motifs is 1. The van der Waals surface area contributed by atoms with Crippen molar-refractivity contribution in [2.75, 3.05) is 13.1 Å². The maximum Gasteiger partial charge on any atom is 0.0476 e. The van der Waals surface area contributed by atoms with E-state index in [4.69, 9.17) is 5.73 Å². The van der Waals surface area contributed by atoms with Gasteiger partial charge in [0, 0.05) is 18.6 Å². The molecule has 2 nitrogen and oxygen atoms in total. The first-order valence-electron chi connectivity index (χ1n) is 8.88. The van der Waals surface area contributed by atoms with Gasteiger partial charge in [-0.05, 0) is 55.7 Å². The van der Waals surface area contributed by atoms with Crippen molar-refractivity contribution in [1.82, 2.24) is 4.90 Å². The zero-order valence-electron chi connectivity index (χ0n) is 13.4.